The summed E-state index contributed by atoms with van der Waals surface area (Å²) in [6.45, 7) is 1.95. The molecule has 210 valence electrons. The number of hydrogen-bond donors (Lipinski definition) is 3. The molecule has 0 spiro atoms. The highest BCUT2D eigenvalue weighted by molar-refractivity contribution is 7.09. The number of fused-ring (bicyclic) bond motifs is 1. The molecule has 41 heavy (non-hydrogen) atoms. The molecule has 5 aromatic rings. The topological polar surface area (TPSA) is 91.2 Å². The van der Waals surface area contributed by atoms with Crippen molar-refractivity contribution in [2.24, 2.45) is 5.73 Å². The predicted octanol–water partition coefficient (Wildman–Crippen LogP) is 6.18. The smallest absolute Gasteiger partial charge is 0.251 e. The van der Waals surface area contributed by atoms with E-state index >= 15 is 0 Å². The number of hydrogen-bond acceptors (Lipinski definition) is 4. The average Bonchev–Trinajstić information content (AvgIpc) is 3.68. The lowest BCUT2D eigenvalue weighted by Crippen LogP contribution is -2.32. The lowest BCUT2D eigenvalue weighted by molar-refractivity contribution is -0.131. The lowest BCUT2D eigenvalue weighted by atomic mass is 9.97. The van der Waals surface area contributed by atoms with Crippen LogP contribution in [0.3, 0.4) is 0 Å². The highest BCUT2D eigenvalue weighted by Crippen LogP contribution is 2.26. The van der Waals surface area contributed by atoms with Gasteiger partial charge in [-0.15, -0.1) is 11.3 Å². The Balaban J connectivity index is 1.34. The zero-order valence-electron chi connectivity index (χ0n) is 23.1. The van der Waals surface area contributed by atoms with Crippen LogP contribution >= 0.6 is 11.3 Å². The van der Waals surface area contributed by atoms with E-state index in [1.165, 1.54) is 15.8 Å². The Labute approximate surface area is 245 Å². The minimum Gasteiger partial charge on any atom is -0.361 e. The van der Waals surface area contributed by atoms with Gasteiger partial charge >= 0.3 is 0 Å². The van der Waals surface area contributed by atoms with Crippen LogP contribution in [-0.2, 0) is 24.2 Å². The standard InChI is InChI=1S/C34H36N4O2S/c35-18-19-36-34(40)31-14-2-1-12-29(31)26-9-5-8-25(22-26)24-38(33(39)16-6-10-28-11-7-21-41-28)20-17-27-23-37-32-15-4-3-13-30(27)32/h1-5,7-9,11-15,21-23,37H,6,10,16-20,24,35H2,(H,36,40). The van der Waals surface area contributed by atoms with Crippen LogP contribution in [0.25, 0.3) is 22.0 Å². The number of nitrogens with two attached hydrogens (primary N) is 1. The molecule has 7 heteroatoms. The second kappa shape index (κ2) is 13.9. The SMILES string of the molecule is NCCNC(=O)c1ccccc1-c1cccc(CN(CCc2c[nH]c3ccccc23)C(=O)CCCc2cccs2)c1. The molecule has 0 unspecified atom stereocenters. The van der Waals surface area contributed by atoms with Gasteiger partial charge in [0.05, 0.1) is 0 Å². The van der Waals surface area contributed by atoms with Crippen LogP contribution in [0.2, 0.25) is 0 Å². The number of benzene rings is 3. The number of carbonyl (C=O) groups is 2. The predicted molar refractivity (Wildman–Crippen MR) is 168 cm³/mol. The van der Waals surface area contributed by atoms with Crippen LogP contribution in [0.4, 0.5) is 0 Å². The van der Waals surface area contributed by atoms with Crippen molar-refractivity contribution in [2.75, 3.05) is 19.6 Å². The van der Waals surface area contributed by atoms with E-state index in [0.29, 0.717) is 38.2 Å². The second-order valence-corrected chi connectivity index (χ2v) is 11.2. The van der Waals surface area contributed by atoms with Crippen LogP contribution in [0, 0.1) is 0 Å². The maximum Gasteiger partial charge on any atom is 0.251 e. The Hall–Kier alpha value is -4.20. The van der Waals surface area contributed by atoms with Gasteiger partial charge in [0, 0.05) is 60.1 Å². The van der Waals surface area contributed by atoms with E-state index in [9.17, 15) is 9.59 Å². The molecule has 0 aliphatic heterocycles. The van der Waals surface area contributed by atoms with E-state index < -0.39 is 0 Å². The first-order chi connectivity index (χ1) is 20.1. The number of aromatic amines is 1. The number of nitrogens with one attached hydrogen (secondary N) is 2. The molecule has 0 radical (unpaired) electrons. The van der Waals surface area contributed by atoms with Crippen LogP contribution in [-0.4, -0.2) is 41.3 Å². The van der Waals surface area contributed by atoms with Gasteiger partial charge in [0.15, 0.2) is 0 Å². The number of aromatic nitrogens is 1. The van der Waals surface area contributed by atoms with Crippen molar-refractivity contribution >= 4 is 34.1 Å². The van der Waals surface area contributed by atoms with Crippen molar-refractivity contribution < 1.29 is 9.59 Å². The first-order valence-electron chi connectivity index (χ1n) is 14.1. The van der Waals surface area contributed by atoms with E-state index in [0.717, 1.165) is 41.5 Å². The van der Waals surface area contributed by atoms with Crippen molar-refractivity contribution in [2.45, 2.75) is 32.2 Å². The molecule has 0 saturated heterocycles. The number of rotatable bonds is 13. The van der Waals surface area contributed by atoms with E-state index in [-0.39, 0.29) is 11.8 Å². The van der Waals surface area contributed by atoms with Gasteiger partial charge in [-0.1, -0.05) is 60.7 Å². The fourth-order valence-electron chi connectivity index (χ4n) is 5.18. The Kier molecular flexibility index (Phi) is 9.62. The summed E-state index contributed by atoms with van der Waals surface area (Å²) in [5.41, 5.74) is 11.4. The van der Waals surface area contributed by atoms with Gasteiger partial charge in [0.25, 0.3) is 5.91 Å². The molecule has 2 amide bonds. The third kappa shape index (κ3) is 7.31. The molecule has 0 atom stereocenters. The Morgan fingerprint density at radius 1 is 0.927 bits per heavy atom. The minimum absolute atomic E-state index is 0.141. The molecule has 2 heterocycles. The van der Waals surface area contributed by atoms with Gasteiger partial charge in [0.1, 0.15) is 0 Å². The fourth-order valence-corrected chi connectivity index (χ4v) is 5.94. The average molecular weight is 565 g/mol. The summed E-state index contributed by atoms with van der Waals surface area (Å²) in [4.78, 5) is 33.0. The van der Waals surface area contributed by atoms with Crippen molar-refractivity contribution in [1.29, 1.82) is 0 Å². The van der Waals surface area contributed by atoms with Gasteiger partial charge in [-0.25, -0.2) is 0 Å². The van der Waals surface area contributed by atoms with Gasteiger partial charge in [-0.05, 0) is 71.2 Å². The van der Waals surface area contributed by atoms with Crippen molar-refractivity contribution in [1.82, 2.24) is 15.2 Å². The van der Waals surface area contributed by atoms with E-state index in [1.807, 2.05) is 53.4 Å². The number of aryl methyl sites for hydroxylation is 1. The minimum atomic E-state index is -0.141. The molecule has 5 rings (SSSR count). The summed E-state index contributed by atoms with van der Waals surface area (Å²) in [5, 5.41) is 6.15. The number of amides is 2. The first kappa shape index (κ1) is 28.3. The molecule has 3 aromatic carbocycles. The monoisotopic (exact) mass is 564 g/mol. The normalized spacial score (nSPS) is 11.0. The zero-order valence-corrected chi connectivity index (χ0v) is 24.0. The Morgan fingerprint density at radius 3 is 2.63 bits per heavy atom. The van der Waals surface area contributed by atoms with Crippen molar-refractivity contribution in [3.05, 3.63) is 118 Å². The molecular weight excluding hydrogens is 528 g/mol. The van der Waals surface area contributed by atoms with Crippen LogP contribution in [0.15, 0.2) is 96.5 Å². The number of nitrogens with zero attached hydrogens (tertiary/aromatic N) is 1. The van der Waals surface area contributed by atoms with Gasteiger partial charge < -0.3 is 20.9 Å². The molecule has 4 N–H and O–H groups in total. The van der Waals surface area contributed by atoms with Crippen LogP contribution in [0.5, 0.6) is 0 Å². The lowest BCUT2D eigenvalue weighted by Gasteiger charge is -2.23. The van der Waals surface area contributed by atoms with Crippen molar-refractivity contribution in [3.8, 4) is 11.1 Å². The molecule has 0 bridgehead atoms. The van der Waals surface area contributed by atoms with E-state index in [2.05, 4.69) is 58.3 Å². The zero-order chi connectivity index (χ0) is 28.4. The third-order valence-corrected chi connectivity index (χ3v) is 8.22. The summed E-state index contributed by atoms with van der Waals surface area (Å²) in [5.74, 6) is 0.0195. The molecule has 0 aliphatic carbocycles. The van der Waals surface area contributed by atoms with E-state index in [4.69, 9.17) is 5.73 Å². The maximum atomic E-state index is 13.6. The summed E-state index contributed by atoms with van der Waals surface area (Å²) in [7, 11) is 0. The first-order valence-corrected chi connectivity index (χ1v) is 15.0. The van der Waals surface area contributed by atoms with Gasteiger partial charge in [0.2, 0.25) is 5.91 Å². The van der Waals surface area contributed by atoms with E-state index in [1.54, 1.807) is 11.3 Å². The molecule has 0 saturated carbocycles. The highest BCUT2D eigenvalue weighted by atomic mass is 32.1. The largest absolute Gasteiger partial charge is 0.361 e. The van der Waals surface area contributed by atoms with Crippen LogP contribution < -0.4 is 11.1 Å². The maximum absolute atomic E-state index is 13.6. The molecular formula is C34H36N4O2S. The summed E-state index contributed by atoms with van der Waals surface area (Å²) in [6, 6.07) is 28.2. The van der Waals surface area contributed by atoms with Gasteiger partial charge in [-0.3, -0.25) is 9.59 Å². The summed E-state index contributed by atoms with van der Waals surface area (Å²) >= 11 is 1.74. The third-order valence-electron chi connectivity index (χ3n) is 7.29. The quantitative estimate of drug-likeness (QED) is 0.160. The number of H-pyrrole nitrogens is 1. The summed E-state index contributed by atoms with van der Waals surface area (Å²) in [6.07, 6.45) is 5.07. The van der Waals surface area contributed by atoms with Crippen LogP contribution in [0.1, 0.15) is 39.2 Å². The van der Waals surface area contributed by atoms with Gasteiger partial charge in [-0.2, -0.15) is 0 Å². The molecule has 0 aliphatic rings. The number of para-hydroxylation sites is 1. The molecule has 6 nitrogen and oxygen atoms in total. The van der Waals surface area contributed by atoms with Crippen molar-refractivity contribution in [3.63, 3.8) is 0 Å². The Bertz CT molecular complexity index is 1590. The highest BCUT2D eigenvalue weighted by Gasteiger charge is 2.17. The molecule has 0 fully saturated rings. The second-order valence-electron chi connectivity index (χ2n) is 10.1. The number of carbonyl (C=O) groups excluding carboxylic acids is 2. The fraction of sp³-hybridized carbons (Fsp3) is 0.235. The number of thiophene rings is 1. The Morgan fingerprint density at radius 2 is 1.78 bits per heavy atom. The summed E-state index contributed by atoms with van der Waals surface area (Å²) < 4.78 is 0. The molecule has 2 aromatic heterocycles.